The third kappa shape index (κ3) is 4.09. The fraction of sp³-hybridized carbons (Fsp3) is 0.400. The molecule has 2 aromatic rings. The second kappa shape index (κ2) is 6.32. The van der Waals surface area contributed by atoms with E-state index in [1.165, 1.54) is 6.07 Å². The van der Waals surface area contributed by atoms with Crippen LogP contribution in [0.3, 0.4) is 0 Å². The summed E-state index contributed by atoms with van der Waals surface area (Å²) in [5, 5.41) is 17.3. The maximum atomic E-state index is 10.9. The molecule has 0 bridgehead atoms. The summed E-state index contributed by atoms with van der Waals surface area (Å²) in [4.78, 5) is 15.2. The predicted molar refractivity (Wildman–Crippen MR) is 84.5 cm³/mol. The first-order valence-electron chi connectivity index (χ1n) is 6.76. The lowest BCUT2D eigenvalue weighted by Gasteiger charge is -2.13. The van der Waals surface area contributed by atoms with E-state index in [2.05, 4.69) is 31.1 Å². The lowest BCUT2D eigenvalue weighted by molar-refractivity contribution is -0.385. The molecule has 6 heteroatoms. The fourth-order valence-electron chi connectivity index (χ4n) is 1.90. The van der Waals surface area contributed by atoms with Gasteiger partial charge in [-0.15, -0.1) is 11.3 Å². The fourth-order valence-corrected chi connectivity index (χ4v) is 2.80. The van der Waals surface area contributed by atoms with Crippen LogP contribution in [-0.4, -0.2) is 9.91 Å². The molecular weight excluding hydrogens is 286 g/mol. The molecule has 0 amide bonds. The molecule has 0 aliphatic carbocycles. The second-order valence-electron chi connectivity index (χ2n) is 5.88. The summed E-state index contributed by atoms with van der Waals surface area (Å²) in [5.41, 5.74) is 1.87. The van der Waals surface area contributed by atoms with Crippen LogP contribution in [0.15, 0.2) is 29.6 Å². The average Bonchev–Trinajstić information content (AvgIpc) is 2.88. The van der Waals surface area contributed by atoms with Gasteiger partial charge in [-0.1, -0.05) is 39.0 Å². The molecule has 5 nitrogen and oxygen atoms in total. The van der Waals surface area contributed by atoms with Crippen molar-refractivity contribution in [2.45, 2.75) is 39.3 Å². The normalized spacial score (nSPS) is 11.6. The number of nitrogens with one attached hydrogen (secondary N) is 1. The van der Waals surface area contributed by atoms with E-state index in [-0.39, 0.29) is 16.0 Å². The first kappa shape index (κ1) is 15.6. The molecule has 21 heavy (non-hydrogen) atoms. The summed E-state index contributed by atoms with van der Waals surface area (Å²) < 4.78 is 0. The minimum Gasteiger partial charge on any atom is -0.307 e. The van der Waals surface area contributed by atoms with Crippen molar-refractivity contribution >= 4 is 17.0 Å². The minimum absolute atomic E-state index is 0.0567. The zero-order valence-electron chi connectivity index (χ0n) is 12.4. The van der Waals surface area contributed by atoms with Gasteiger partial charge in [0.1, 0.15) is 0 Å². The Labute approximate surface area is 128 Å². The van der Waals surface area contributed by atoms with E-state index in [1.807, 2.05) is 11.4 Å². The Hall–Kier alpha value is -1.79. The molecule has 0 saturated carbocycles. The molecule has 1 aromatic carbocycles. The van der Waals surface area contributed by atoms with Gasteiger partial charge in [0.2, 0.25) is 0 Å². The first-order valence-corrected chi connectivity index (χ1v) is 7.64. The number of nitro benzene ring substituents is 1. The Morgan fingerprint density at radius 3 is 2.62 bits per heavy atom. The van der Waals surface area contributed by atoms with Crippen molar-refractivity contribution in [3.63, 3.8) is 0 Å². The molecule has 2 rings (SSSR count). The van der Waals surface area contributed by atoms with E-state index < -0.39 is 0 Å². The van der Waals surface area contributed by atoms with Crippen LogP contribution in [0.4, 0.5) is 5.69 Å². The molecule has 1 heterocycles. The van der Waals surface area contributed by atoms with Crippen LogP contribution in [-0.2, 0) is 18.5 Å². The molecule has 1 aromatic heterocycles. The zero-order valence-corrected chi connectivity index (χ0v) is 13.2. The van der Waals surface area contributed by atoms with Crippen molar-refractivity contribution in [3.8, 4) is 0 Å². The van der Waals surface area contributed by atoms with Gasteiger partial charge < -0.3 is 5.32 Å². The Morgan fingerprint density at radius 2 is 2.00 bits per heavy atom. The molecule has 0 spiro atoms. The number of rotatable bonds is 5. The predicted octanol–water partition coefficient (Wildman–Crippen LogP) is 3.64. The van der Waals surface area contributed by atoms with Gasteiger partial charge in [0.15, 0.2) is 0 Å². The number of hydrogen-bond donors (Lipinski definition) is 1. The lowest BCUT2D eigenvalue weighted by Crippen LogP contribution is -2.15. The SMILES string of the molecule is CC(C)(C)c1nc(CNCc2ccccc2[N+](=O)[O-])cs1. The summed E-state index contributed by atoms with van der Waals surface area (Å²) in [7, 11) is 0. The van der Waals surface area contributed by atoms with Gasteiger partial charge in [-0.25, -0.2) is 4.98 Å². The Bertz CT molecular complexity index is 632. The highest BCUT2D eigenvalue weighted by molar-refractivity contribution is 7.09. The minimum atomic E-state index is -0.350. The molecule has 0 radical (unpaired) electrons. The van der Waals surface area contributed by atoms with E-state index in [0.717, 1.165) is 10.7 Å². The van der Waals surface area contributed by atoms with E-state index >= 15 is 0 Å². The van der Waals surface area contributed by atoms with Gasteiger partial charge in [0.25, 0.3) is 5.69 Å². The quantitative estimate of drug-likeness (QED) is 0.676. The Balaban J connectivity index is 1.96. The molecule has 0 fully saturated rings. The van der Waals surface area contributed by atoms with Gasteiger partial charge >= 0.3 is 0 Å². The molecule has 112 valence electrons. The van der Waals surface area contributed by atoms with Crippen molar-refractivity contribution in [2.24, 2.45) is 0 Å². The average molecular weight is 305 g/mol. The number of hydrogen-bond acceptors (Lipinski definition) is 5. The highest BCUT2D eigenvalue weighted by Crippen LogP contribution is 2.25. The van der Waals surface area contributed by atoms with E-state index in [9.17, 15) is 10.1 Å². The monoisotopic (exact) mass is 305 g/mol. The van der Waals surface area contributed by atoms with E-state index in [4.69, 9.17) is 0 Å². The van der Waals surface area contributed by atoms with Crippen molar-refractivity contribution < 1.29 is 4.92 Å². The van der Waals surface area contributed by atoms with Crippen LogP contribution < -0.4 is 5.32 Å². The molecule has 0 aliphatic heterocycles. The number of para-hydroxylation sites is 1. The molecule has 0 saturated heterocycles. The number of nitro groups is 1. The smallest absolute Gasteiger partial charge is 0.273 e. The maximum Gasteiger partial charge on any atom is 0.273 e. The third-order valence-corrected chi connectivity index (χ3v) is 4.32. The summed E-state index contributed by atoms with van der Waals surface area (Å²) in [6, 6.07) is 6.78. The van der Waals surface area contributed by atoms with Crippen LogP contribution in [0.2, 0.25) is 0 Å². The van der Waals surface area contributed by atoms with Gasteiger partial charge in [-0.2, -0.15) is 0 Å². The Morgan fingerprint density at radius 1 is 1.29 bits per heavy atom. The topological polar surface area (TPSA) is 68.1 Å². The second-order valence-corrected chi connectivity index (χ2v) is 6.74. The molecule has 1 N–H and O–H groups in total. The van der Waals surface area contributed by atoms with Crippen molar-refractivity contribution in [3.05, 3.63) is 56.0 Å². The van der Waals surface area contributed by atoms with Gasteiger partial charge in [-0.3, -0.25) is 10.1 Å². The van der Waals surface area contributed by atoms with Crippen LogP contribution >= 0.6 is 11.3 Å². The number of aromatic nitrogens is 1. The Kier molecular flexibility index (Phi) is 4.69. The largest absolute Gasteiger partial charge is 0.307 e. The number of benzene rings is 1. The number of nitrogens with zero attached hydrogens (tertiary/aromatic N) is 2. The number of thiazole rings is 1. The third-order valence-electron chi connectivity index (χ3n) is 3.00. The maximum absolute atomic E-state index is 10.9. The molecule has 0 aliphatic rings. The molecule has 0 atom stereocenters. The summed E-state index contributed by atoms with van der Waals surface area (Å²) in [5.74, 6) is 0. The van der Waals surface area contributed by atoms with E-state index in [0.29, 0.717) is 18.7 Å². The van der Waals surface area contributed by atoms with Crippen molar-refractivity contribution in [1.29, 1.82) is 0 Å². The van der Waals surface area contributed by atoms with Crippen molar-refractivity contribution in [1.82, 2.24) is 10.3 Å². The molecular formula is C15H19N3O2S. The van der Waals surface area contributed by atoms with Crippen LogP contribution in [0, 0.1) is 10.1 Å². The highest BCUT2D eigenvalue weighted by atomic mass is 32.1. The van der Waals surface area contributed by atoms with Gasteiger partial charge in [0, 0.05) is 35.5 Å². The van der Waals surface area contributed by atoms with Crippen molar-refractivity contribution in [2.75, 3.05) is 0 Å². The lowest BCUT2D eigenvalue weighted by atomic mass is 9.98. The zero-order chi connectivity index (χ0) is 15.5. The first-order chi connectivity index (χ1) is 9.88. The van der Waals surface area contributed by atoms with Gasteiger partial charge in [-0.05, 0) is 0 Å². The standard InChI is InChI=1S/C15H19N3O2S/c1-15(2,3)14-17-12(10-21-14)9-16-8-11-6-4-5-7-13(11)18(19)20/h4-7,10,16H,8-9H2,1-3H3. The van der Waals surface area contributed by atoms with E-state index in [1.54, 1.807) is 23.5 Å². The van der Waals surface area contributed by atoms with Crippen LogP contribution in [0.1, 0.15) is 37.0 Å². The highest BCUT2D eigenvalue weighted by Gasteiger charge is 2.18. The van der Waals surface area contributed by atoms with Crippen LogP contribution in [0.5, 0.6) is 0 Å². The summed E-state index contributed by atoms with van der Waals surface area (Å²) in [6.07, 6.45) is 0. The van der Waals surface area contributed by atoms with Gasteiger partial charge in [0.05, 0.1) is 15.6 Å². The molecule has 0 unspecified atom stereocenters. The summed E-state index contributed by atoms with van der Waals surface area (Å²) >= 11 is 1.65. The van der Waals surface area contributed by atoms with Crippen LogP contribution in [0.25, 0.3) is 0 Å². The summed E-state index contributed by atoms with van der Waals surface area (Å²) in [6.45, 7) is 7.47.